The van der Waals surface area contributed by atoms with E-state index in [1.165, 1.54) is 55.5 Å². The van der Waals surface area contributed by atoms with E-state index in [9.17, 15) is 0 Å². The first-order valence-electron chi connectivity index (χ1n) is 29.8. The first kappa shape index (κ1) is 53.4. The van der Waals surface area contributed by atoms with Gasteiger partial charge in [0.2, 0.25) is 0 Å². The van der Waals surface area contributed by atoms with Gasteiger partial charge in [-0.3, -0.25) is 0 Å². The smallest absolute Gasteiger partial charge is 0.252 e. The fraction of sp³-hybridized carbons (Fsp3) is 0.333. The summed E-state index contributed by atoms with van der Waals surface area (Å²) in [4.78, 5) is 7.34. The maximum absolute atomic E-state index is 7.26. The summed E-state index contributed by atoms with van der Waals surface area (Å²) in [6.07, 6.45) is 6.59. The Bertz CT molecular complexity index is 4190. The summed E-state index contributed by atoms with van der Waals surface area (Å²) < 4.78 is 6.81. The van der Waals surface area contributed by atoms with E-state index < -0.39 is 0 Å². The molecule has 5 aliphatic rings. The minimum absolute atomic E-state index is 0.0187. The van der Waals surface area contributed by atoms with Crippen molar-refractivity contribution in [1.29, 1.82) is 0 Å². The summed E-state index contributed by atoms with van der Waals surface area (Å²) in [5, 5.41) is 2.11. The summed E-state index contributed by atoms with van der Waals surface area (Å²) in [6.45, 7) is 29.2. The predicted octanol–water partition coefficient (Wildman–Crippen LogP) is 12.2. The Labute approximate surface area is 494 Å². The highest BCUT2D eigenvalue weighted by molar-refractivity contribution is 7.00. The van der Waals surface area contributed by atoms with Gasteiger partial charge in [-0.25, -0.2) is 0 Å². The predicted molar refractivity (Wildman–Crippen MR) is 355 cm³/mol. The quantitative estimate of drug-likeness (QED) is 0.160. The molecule has 0 bridgehead atoms. The molecule has 0 saturated heterocycles. The van der Waals surface area contributed by atoms with Gasteiger partial charge in [0.15, 0.2) is 0 Å². The van der Waals surface area contributed by atoms with Crippen LogP contribution >= 0.6 is 0 Å². The Morgan fingerprint density at radius 3 is 1.40 bits per heavy atom. The number of hydrogen-bond acceptors (Lipinski definition) is 4. The molecular formula is C72H69B6N3O. The van der Waals surface area contributed by atoms with Gasteiger partial charge in [-0.1, -0.05) is 155 Å². The number of hydrogen-bond donors (Lipinski definition) is 0. The summed E-state index contributed by atoms with van der Waals surface area (Å²) in [7, 11) is 34.9. The van der Waals surface area contributed by atoms with Crippen molar-refractivity contribution in [2.75, 3.05) is 14.7 Å². The van der Waals surface area contributed by atoms with E-state index in [4.69, 9.17) is 43.6 Å². The molecule has 0 amide bonds. The fourth-order valence-electron chi connectivity index (χ4n) is 15.5. The number of furan rings is 1. The van der Waals surface area contributed by atoms with Crippen molar-refractivity contribution in [2.45, 2.75) is 154 Å². The van der Waals surface area contributed by atoms with Gasteiger partial charge >= 0.3 is 0 Å². The zero-order valence-electron chi connectivity index (χ0n) is 50.1. The molecule has 0 N–H and O–H groups in total. The molecule has 0 spiro atoms. The van der Waals surface area contributed by atoms with Gasteiger partial charge in [-0.15, -0.1) is 16.4 Å². The normalized spacial score (nSPS) is 19.0. The van der Waals surface area contributed by atoms with Crippen LogP contribution in [0.1, 0.15) is 155 Å². The van der Waals surface area contributed by atoms with Crippen LogP contribution in [0, 0.1) is 0 Å². The highest BCUT2D eigenvalue weighted by atomic mass is 16.3. The van der Waals surface area contributed by atoms with Crippen molar-refractivity contribution in [2.24, 2.45) is 0 Å². The topological polar surface area (TPSA) is 22.9 Å². The Hall–Kier alpha value is -6.65. The lowest BCUT2D eigenvalue weighted by molar-refractivity contribution is 0.332. The van der Waals surface area contributed by atoms with Gasteiger partial charge < -0.3 is 19.1 Å². The van der Waals surface area contributed by atoms with Crippen molar-refractivity contribution < 1.29 is 4.42 Å². The Balaban J connectivity index is 1.20. The Kier molecular flexibility index (Phi) is 11.5. The van der Waals surface area contributed by atoms with Crippen molar-refractivity contribution in [3.63, 3.8) is 0 Å². The molecular weight excluding hydrogens is 988 g/mol. The van der Waals surface area contributed by atoms with E-state index in [2.05, 4.69) is 207 Å². The molecule has 9 aromatic rings. The third-order valence-corrected chi connectivity index (χ3v) is 20.9. The van der Waals surface area contributed by atoms with Crippen LogP contribution in [0.3, 0.4) is 0 Å². The van der Waals surface area contributed by atoms with Gasteiger partial charge in [0.25, 0.3) is 6.71 Å². The number of para-hydroxylation sites is 2. The second-order valence-corrected chi connectivity index (χ2v) is 28.8. The lowest BCUT2D eigenvalue weighted by Gasteiger charge is -2.49. The van der Waals surface area contributed by atoms with Crippen LogP contribution in [-0.2, 0) is 32.5 Å². The molecule has 396 valence electrons. The average molecular weight is 1060 g/mol. The number of anilines is 9. The minimum Gasteiger partial charge on any atom is -0.456 e. The standard InChI is InChI=1S/C72H69B6N3O/c1-67(2)27-28-68(3,4)45-33-41(25-26-44(45)67)80-53-38-48-46(69(5,6)29-31-71(48,9)10)36-50(53)78-51-37-47-49(72(11,12)32-30-70(47,7)8)39-54(51)81(52-22-18-24-58-59(52)43-21-16-17-23-57(43)82-58)56-35-42(34-55(80)65(56)78)79(40-19-14-13-15-20-40)66-63(76)61(74)60(73)62(75)64(66)77/h13-26,33-39H,27-32H2,1-12H3. The zero-order chi connectivity index (χ0) is 57.7. The fourth-order valence-corrected chi connectivity index (χ4v) is 15.5. The maximum atomic E-state index is 7.26. The Morgan fingerprint density at radius 1 is 0.390 bits per heavy atom. The molecule has 14 rings (SSSR count). The number of fused-ring (bicyclic) bond motifs is 10. The van der Waals surface area contributed by atoms with E-state index in [-0.39, 0.29) is 66.5 Å². The van der Waals surface area contributed by atoms with Gasteiger partial charge in [0, 0.05) is 45.2 Å². The molecule has 0 saturated carbocycles. The summed E-state index contributed by atoms with van der Waals surface area (Å²) in [5.74, 6) is 0. The van der Waals surface area contributed by atoms with Crippen molar-refractivity contribution in [1.82, 2.24) is 0 Å². The number of nitrogens with zero attached hydrogens (tertiary/aromatic N) is 3. The van der Waals surface area contributed by atoms with Crippen molar-refractivity contribution >= 4 is 163 Å². The van der Waals surface area contributed by atoms with Crippen molar-refractivity contribution in [3.8, 4) is 0 Å². The van der Waals surface area contributed by atoms with E-state index in [0.717, 1.165) is 100 Å². The molecule has 3 heterocycles. The van der Waals surface area contributed by atoms with Crippen LogP contribution in [0.15, 0.2) is 132 Å². The molecule has 0 fully saturated rings. The zero-order valence-corrected chi connectivity index (χ0v) is 50.1. The third-order valence-electron chi connectivity index (χ3n) is 20.9. The molecule has 2 aliphatic heterocycles. The van der Waals surface area contributed by atoms with Gasteiger partial charge in [0.1, 0.15) is 50.4 Å². The summed E-state index contributed by atoms with van der Waals surface area (Å²) in [6, 6.07) is 47.9. The van der Waals surface area contributed by atoms with Crippen LogP contribution < -0.4 is 58.4 Å². The largest absolute Gasteiger partial charge is 0.456 e. The lowest BCUT2D eigenvalue weighted by atomic mass is 9.32. The van der Waals surface area contributed by atoms with Crippen LogP contribution in [0.5, 0.6) is 0 Å². The summed E-state index contributed by atoms with van der Waals surface area (Å²) >= 11 is 0. The van der Waals surface area contributed by atoms with Crippen LogP contribution in [-0.4, -0.2) is 45.9 Å². The second-order valence-electron chi connectivity index (χ2n) is 28.8. The number of benzene rings is 8. The van der Waals surface area contributed by atoms with Crippen LogP contribution in [0.25, 0.3) is 21.9 Å². The molecule has 82 heavy (non-hydrogen) atoms. The highest BCUT2D eigenvalue weighted by Gasteiger charge is 2.50. The molecule has 3 aliphatic carbocycles. The molecule has 4 nitrogen and oxygen atoms in total. The van der Waals surface area contributed by atoms with E-state index in [1.807, 2.05) is 18.2 Å². The SMILES string of the molecule is [B]c1c([B])c([B])c(N(c2ccccc2)c2cc3c4c(c2)N(c2cccc5oc6ccccc6c25)c2cc5c(cc2B4c2cc4c(cc2N3c2ccc3c(c2)C(C)(C)CCC3(C)C)C(C)(C)CCC4(C)C)C(C)(C)CCC5(C)C)c([B])c1[B]. The molecule has 10 heteroatoms. The first-order chi connectivity index (χ1) is 38.7. The second kappa shape index (κ2) is 17.7. The van der Waals surface area contributed by atoms with E-state index >= 15 is 0 Å². The molecule has 8 aromatic carbocycles. The highest BCUT2D eigenvalue weighted by Crippen LogP contribution is 2.56. The average Bonchev–Trinajstić information content (AvgIpc) is 3.00. The number of rotatable bonds is 5. The minimum atomic E-state index is -0.176. The lowest BCUT2D eigenvalue weighted by Crippen LogP contribution is -2.62. The van der Waals surface area contributed by atoms with Crippen LogP contribution in [0.4, 0.5) is 51.2 Å². The van der Waals surface area contributed by atoms with Gasteiger partial charge in [-0.2, -0.15) is 0 Å². The van der Waals surface area contributed by atoms with E-state index in [1.54, 1.807) is 0 Å². The van der Waals surface area contributed by atoms with Gasteiger partial charge in [0.05, 0.1) is 16.8 Å². The molecule has 0 atom stereocenters. The van der Waals surface area contributed by atoms with Gasteiger partial charge in [-0.05, 0) is 188 Å². The monoisotopic (exact) mass is 1060 g/mol. The third kappa shape index (κ3) is 7.63. The summed E-state index contributed by atoms with van der Waals surface area (Å²) in [5.41, 5.74) is 23.5. The first-order valence-corrected chi connectivity index (χ1v) is 29.8. The molecule has 10 radical (unpaired) electrons. The van der Waals surface area contributed by atoms with Crippen LogP contribution in [0.2, 0.25) is 0 Å². The Morgan fingerprint density at radius 2 is 0.841 bits per heavy atom. The molecule has 1 aromatic heterocycles. The van der Waals surface area contributed by atoms with E-state index in [0.29, 0.717) is 5.69 Å². The maximum Gasteiger partial charge on any atom is 0.252 e. The van der Waals surface area contributed by atoms with Crippen molar-refractivity contribution in [3.05, 3.63) is 161 Å². The molecule has 0 unspecified atom stereocenters.